The number of aromatic nitrogens is 1. The average molecular weight is 375 g/mol. The number of rotatable bonds is 6. The summed E-state index contributed by atoms with van der Waals surface area (Å²) in [5.74, 6) is 0.122. The van der Waals surface area contributed by atoms with Gasteiger partial charge in [0.2, 0.25) is 0 Å². The van der Waals surface area contributed by atoms with E-state index in [2.05, 4.69) is 15.6 Å². The van der Waals surface area contributed by atoms with E-state index in [-0.39, 0.29) is 18.4 Å². The number of carbonyl (C=O) groups excluding carboxylic acids is 2. The minimum Gasteiger partial charge on any atom is -0.484 e. The summed E-state index contributed by atoms with van der Waals surface area (Å²) in [5, 5.41) is 5.56. The first-order valence-corrected chi connectivity index (χ1v) is 8.82. The van der Waals surface area contributed by atoms with E-state index in [1.54, 1.807) is 48.8 Å². The molecule has 0 atom stereocenters. The smallest absolute Gasteiger partial charge is 0.262 e. The van der Waals surface area contributed by atoms with E-state index in [1.807, 2.05) is 32.0 Å². The van der Waals surface area contributed by atoms with Crippen LogP contribution in [0.25, 0.3) is 0 Å². The van der Waals surface area contributed by atoms with Gasteiger partial charge in [-0.2, -0.15) is 0 Å². The fourth-order valence-corrected chi connectivity index (χ4v) is 2.53. The lowest BCUT2D eigenvalue weighted by atomic mass is 10.1. The Hall–Kier alpha value is -3.67. The first-order valence-electron chi connectivity index (χ1n) is 8.82. The predicted molar refractivity (Wildman–Crippen MR) is 109 cm³/mol. The monoisotopic (exact) mass is 375 g/mol. The fourth-order valence-electron chi connectivity index (χ4n) is 2.53. The molecule has 1 aromatic heterocycles. The lowest BCUT2D eigenvalue weighted by Crippen LogP contribution is -2.20. The normalized spacial score (nSPS) is 10.2. The third kappa shape index (κ3) is 5.17. The van der Waals surface area contributed by atoms with Crippen molar-refractivity contribution in [3.8, 4) is 5.75 Å². The summed E-state index contributed by atoms with van der Waals surface area (Å²) in [4.78, 5) is 28.3. The van der Waals surface area contributed by atoms with Gasteiger partial charge in [-0.05, 0) is 67.4 Å². The van der Waals surface area contributed by atoms with E-state index in [4.69, 9.17) is 4.74 Å². The third-order valence-electron chi connectivity index (χ3n) is 4.20. The summed E-state index contributed by atoms with van der Waals surface area (Å²) in [7, 11) is 0. The molecule has 28 heavy (non-hydrogen) atoms. The molecule has 0 aliphatic heterocycles. The first-order chi connectivity index (χ1) is 13.5. The molecule has 0 unspecified atom stereocenters. The Morgan fingerprint density at radius 1 is 0.893 bits per heavy atom. The van der Waals surface area contributed by atoms with Gasteiger partial charge in [0.15, 0.2) is 6.61 Å². The van der Waals surface area contributed by atoms with Crippen LogP contribution in [-0.4, -0.2) is 23.4 Å². The number of pyridine rings is 1. The number of ether oxygens (including phenoxy) is 1. The molecule has 142 valence electrons. The van der Waals surface area contributed by atoms with Crippen molar-refractivity contribution < 1.29 is 14.3 Å². The Kier molecular flexibility index (Phi) is 6.01. The number of carbonyl (C=O) groups is 2. The number of hydrogen-bond donors (Lipinski definition) is 2. The quantitative estimate of drug-likeness (QED) is 0.683. The highest BCUT2D eigenvalue weighted by molar-refractivity contribution is 6.04. The van der Waals surface area contributed by atoms with Gasteiger partial charge >= 0.3 is 0 Å². The summed E-state index contributed by atoms with van der Waals surface area (Å²) in [5.41, 5.74) is 3.93. The van der Waals surface area contributed by atoms with Gasteiger partial charge in [0.05, 0.1) is 0 Å². The standard InChI is InChI=1S/C22H21N3O3/c1-15-6-7-20(12-16(15)2)28-14-21(26)24-18-4-3-5-19(13-18)25-22(27)17-8-10-23-11-9-17/h3-13H,14H2,1-2H3,(H,24,26)(H,25,27). The number of aryl methyl sites for hydroxylation is 2. The Morgan fingerprint density at radius 2 is 1.61 bits per heavy atom. The van der Waals surface area contributed by atoms with Crippen molar-refractivity contribution in [2.24, 2.45) is 0 Å². The van der Waals surface area contributed by atoms with Crippen LogP contribution < -0.4 is 15.4 Å². The SMILES string of the molecule is Cc1ccc(OCC(=O)Nc2cccc(NC(=O)c3ccncc3)c2)cc1C. The molecular weight excluding hydrogens is 354 g/mol. The van der Waals surface area contributed by atoms with Crippen molar-refractivity contribution in [1.82, 2.24) is 4.98 Å². The molecule has 0 aliphatic carbocycles. The highest BCUT2D eigenvalue weighted by Gasteiger charge is 2.08. The summed E-state index contributed by atoms with van der Waals surface area (Å²) < 4.78 is 5.54. The zero-order valence-corrected chi connectivity index (χ0v) is 15.7. The van der Waals surface area contributed by atoms with Crippen molar-refractivity contribution in [2.45, 2.75) is 13.8 Å². The van der Waals surface area contributed by atoms with E-state index in [1.165, 1.54) is 5.56 Å². The van der Waals surface area contributed by atoms with Crippen molar-refractivity contribution in [3.63, 3.8) is 0 Å². The van der Waals surface area contributed by atoms with Crippen LogP contribution >= 0.6 is 0 Å². The Balaban J connectivity index is 1.57. The minimum atomic E-state index is -0.282. The van der Waals surface area contributed by atoms with Crippen LogP contribution in [0.2, 0.25) is 0 Å². The van der Waals surface area contributed by atoms with E-state index < -0.39 is 0 Å². The molecule has 0 radical (unpaired) electrons. The van der Waals surface area contributed by atoms with E-state index >= 15 is 0 Å². The molecule has 1 heterocycles. The van der Waals surface area contributed by atoms with Gasteiger partial charge in [-0.15, -0.1) is 0 Å². The highest BCUT2D eigenvalue weighted by atomic mass is 16.5. The number of benzene rings is 2. The van der Waals surface area contributed by atoms with Gasteiger partial charge < -0.3 is 15.4 Å². The molecule has 0 aliphatic rings. The number of nitrogens with one attached hydrogen (secondary N) is 2. The number of anilines is 2. The molecule has 0 spiro atoms. The molecule has 0 saturated carbocycles. The van der Waals surface area contributed by atoms with Gasteiger partial charge in [0.25, 0.3) is 11.8 Å². The zero-order chi connectivity index (χ0) is 19.9. The van der Waals surface area contributed by atoms with Crippen LogP contribution in [0, 0.1) is 13.8 Å². The first kappa shape index (κ1) is 19.1. The largest absolute Gasteiger partial charge is 0.484 e. The van der Waals surface area contributed by atoms with Crippen LogP contribution in [0.1, 0.15) is 21.5 Å². The van der Waals surface area contributed by atoms with Gasteiger partial charge in [-0.25, -0.2) is 0 Å². The number of hydrogen-bond acceptors (Lipinski definition) is 4. The third-order valence-corrected chi connectivity index (χ3v) is 4.20. The summed E-state index contributed by atoms with van der Waals surface area (Å²) in [6.45, 7) is 3.91. The van der Waals surface area contributed by atoms with Crippen molar-refractivity contribution in [3.05, 3.63) is 83.7 Å². The molecule has 2 amide bonds. The van der Waals surface area contributed by atoms with Crippen LogP contribution in [0.4, 0.5) is 11.4 Å². The van der Waals surface area contributed by atoms with E-state index in [9.17, 15) is 9.59 Å². The second kappa shape index (κ2) is 8.81. The molecule has 0 saturated heterocycles. The second-order valence-corrected chi connectivity index (χ2v) is 6.35. The Bertz CT molecular complexity index is 987. The van der Waals surface area contributed by atoms with Crippen molar-refractivity contribution in [1.29, 1.82) is 0 Å². The lowest BCUT2D eigenvalue weighted by molar-refractivity contribution is -0.118. The van der Waals surface area contributed by atoms with E-state index in [0.717, 1.165) is 5.56 Å². The van der Waals surface area contributed by atoms with Gasteiger partial charge in [-0.1, -0.05) is 12.1 Å². The second-order valence-electron chi connectivity index (χ2n) is 6.35. The molecule has 0 bridgehead atoms. The van der Waals surface area contributed by atoms with Gasteiger partial charge in [0, 0.05) is 29.3 Å². The summed E-state index contributed by atoms with van der Waals surface area (Å²) >= 11 is 0. The molecule has 2 N–H and O–H groups in total. The Labute approximate surface area is 163 Å². The topological polar surface area (TPSA) is 80.3 Å². The van der Waals surface area contributed by atoms with Crippen molar-refractivity contribution >= 4 is 23.2 Å². The van der Waals surface area contributed by atoms with Crippen LogP contribution in [0.5, 0.6) is 5.75 Å². The molecule has 6 heteroatoms. The highest BCUT2D eigenvalue weighted by Crippen LogP contribution is 2.18. The van der Waals surface area contributed by atoms with Crippen LogP contribution in [-0.2, 0) is 4.79 Å². The van der Waals surface area contributed by atoms with Crippen molar-refractivity contribution in [2.75, 3.05) is 17.2 Å². The lowest BCUT2D eigenvalue weighted by Gasteiger charge is -2.10. The van der Waals surface area contributed by atoms with Crippen LogP contribution in [0.3, 0.4) is 0 Å². The maximum atomic E-state index is 12.2. The molecule has 2 aromatic carbocycles. The number of amides is 2. The summed E-state index contributed by atoms with van der Waals surface area (Å²) in [6.07, 6.45) is 3.11. The molecule has 3 rings (SSSR count). The maximum absolute atomic E-state index is 12.2. The van der Waals surface area contributed by atoms with E-state index in [0.29, 0.717) is 22.7 Å². The molecule has 6 nitrogen and oxygen atoms in total. The number of nitrogens with zero attached hydrogens (tertiary/aromatic N) is 1. The van der Waals surface area contributed by atoms with Gasteiger partial charge in [-0.3, -0.25) is 14.6 Å². The Morgan fingerprint density at radius 3 is 2.32 bits per heavy atom. The molecular formula is C22H21N3O3. The van der Waals surface area contributed by atoms with Crippen LogP contribution in [0.15, 0.2) is 67.0 Å². The average Bonchev–Trinajstić information content (AvgIpc) is 2.70. The fraction of sp³-hybridized carbons (Fsp3) is 0.136. The predicted octanol–water partition coefficient (Wildman–Crippen LogP) is 3.97. The maximum Gasteiger partial charge on any atom is 0.262 e. The summed E-state index contributed by atoms with van der Waals surface area (Å²) in [6, 6.07) is 15.9. The minimum absolute atomic E-state index is 0.101. The zero-order valence-electron chi connectivity index (χ0n) is 15.7. The molecule has 0 fully saturated rings. The van der Waals surface area contributed by atoms with Gasteiger partial charge in [0.1, 0.15) is 5.75 Å². The molecule has 3 aromatic rings.